The third-order valence-corrected chi connectivity index (χ3v) is 4.33. The summed E-state index contributed by atoms with van der Waals surface area (Å²) in [4.78, 5) is 18.9. The van der Waals surface area contributed by atoms with Crippen LogP contribution in [0.4, 0.5) is 5.69 Å². The molecule has 0 aliphatic carbocycles. The van der Waals surface area contributed by atoms with Crippen LogP contribution < -0.4 is 10.2 Å². The molecule has 0 saturated heterocycles. The van der Waals surface area contributed by atoms with E-state index in [2.05, 4.69) is 16.4 Å². The third-order valence-electron chi connectivity index (χ3n) is 3.50. The van der Waals surface area contributed by atoms with Gasteiger partial charge in [0.1, 0.15) is 0 Å². The van der Waals surface area contributed by atoms with Crippen molar-refractivity contribution < 1.29 is 4.79 Å². The minimum atomic E-state index is -0.179. The van der Waals surface area contributed by atoms with E-state index in [4.69, 9.17) is 0 Å². The summed E-state index contributed by atoms with van der Waals surface area (Å²) in [5, 5.41) is 6.31. The number of carbonyl (C=O) groups excluding carboxylic acids is 1. The average Bonchev–Trinajstić information content (AvgIpc) is 2.82. The molecule has 1 amide bonds. The van der Waals surface area contributed by atoms with Crippen LogP contribution >= 0.6 is 11.3 Å². The molecule has 2 heterocycles. The van der Waals surface area contributed by atoms with Gasteiger partial charge >= 0.3 is 0 Å². The number of nitrogens with one attached hydrogen (secondary N) is 1. The number of anilines is 1. The monoisotopic (exact) mass is 287 g/mol. The molecule has 1 unspecified atom stereocenters. The molecule has 5 heteroatoms. The topological polar surface area (TPSA) is 45.2 Å². The molecule has 1 atom stereocenters. The van der Waals surface area contributed by atoms with Gasteiger partial charge in [0, 0.05) is 17.6 Å². The molecule has 1 aromatic carbocycles. The van der Waals surface area contributed by atoms with E-state index in [0.717, 1.165) is 28.5 Å². The Balaban J connectivity index is 1.98. The van der Waals surface area contributed by atoms with Crippen LogP contribution in [0.5, 0.6) is 0 Å². The van der Waals surface area contributed by atoms with Crippen LogP contribution in [-0.2, 0) is 17.9 Å². The molecule has 1 aliphatic heterocycles. The van der Waals surface area contributed by atoms with Crippen molar-refractivity contribution in [1.29, 1.82) is 0 Å². The first-order chi connectivity index (χ1) is 9.65. The van der Waals surface area contributed by atoms with Gasteiger partial charge in [-0.3, -0.25) is 4.79 Å². The highest BCUT2D eigenvalue weighted by Crippen LogP contribution is 2.26. The van der Waals surface area contributed by atoms with Gasteiger partial charge in [-0.1, -0.05) is 18.2 Å². The maximum absolute atomic E-state index is 12.6. The number of hydrogen-bond donors (Lipinski definition) is 1. The largest absolute Gasteiger partial charge is 0.305 e. The average molecular weight is 287 g/mol. The molecule has 3 rings (SSSR count). The lowest BCUT2D eigenvalue weighted by Gasteiger charge is -2.23. The number of amides is 1. The first kappa shape index (κ1) is 13.3. The van der Waals surface area contributed by atoms with Gasteiger partial charge in [-0.15, -0.1) is 11.3 Å². The van der Waals surface area contributed by atoms with Crippen LogP contribution in [0.1, 0.15) is 23.2 Å². The fourth-order valence-electron chi connectivity index (χ4n) is 2.43. The van der Waals surface area contributed by atoms with Crippen molar-refractivity contribution in [2.24, 2.45) is 0 Å². The summed E-state index contributed by atoms with van der Waals surface area (Å²) in [5.74, 6) is 0.0978. The second kappa shape index (κ2) is 5.34. The molecule has 1 aliphatic rings. The first-order valence-corrected chi connectivity index (χ1v) is 7.57. The predicted octanol–water partition coefficient (Wildman–Crippen LogP) is 2.48. The van der Waals surface area contributed by atoms with E-state index in [1.54, 1.807) is 11.3 Å². The van der Waals surface area contributed by atoms with Crippen molar-refractivity contribution in [2.75, 3.05) is 4.90 Å². The summed E-state index contributed by atoms with van der Waals surface area (Å²) in [7, 11) is 0. The molecule has 0 radical (unpaired) electrons. The second-order valence-electron chi connectivity index (χ2n) is 5.01. The second-order valence-corrected chi connectivity index (χ2v) is 6.08. The zero-order chi connectivity index (χ0) is 14.1. The minimum absolute atomic E-state index is 0.0978. The standard InChI is InChI=1S/C15H17N3OS/c1-10-15(19)18(8-13-9-20-11(2)17-13)14-6-4-3-5-12(14)7-16-10/h3-6,9-10,16H,7-8H2,1-2H3. The number of aromatic nitrogens is 1. The SMILES string of the molecule is Cc1nc(CN2C(=O)C(C)NCc3ccccc32)cs1. The molecule has 20 heavy (non-hydrogen) atoms. The molecular formula is C15H17N3OS. The number of thiazole rings is 1. The zero-order valence-corrected chi connectivity index (χ0v) is 12.4. The highest BCUT2D eigenvalue weighted by atomic mass is 32.1. The van der Waals surface area contributed by atoms with Gasteiger partial charge in [-0.2, -0.15) is 0 Å². The highest BCUT2D eigenvalue weighted by Gasteiger charge is 2.27. The van der Waals surface area contributed by atoms with E-state index in [0.29, 0.717) is 6.54 Å². The van der Waals surface area contributed by atoms with Crippen LogP contribution in [0.3, 0.4) is 0 Å². The van der Waals surface area contributed by atoms with E-state index < -0.39 is 0 Å². The van der Waals surface area contributed by atoms with E-state index in [1.807, 2.05) is 42.3 Å². The molecule has 2 aromatic rings. The Morgan fingerprint density at radius 1 is 1.45 bits per heavy atom. The number of nitrogens with zero attached hydrogens (tertiary/aromatic N) is 2. The molecule has 4 nitrogen and oxygen atoms in total. The molecule has 0 saturated carbocycles. The van der Waals surface area contributed by atoms with Crippen LogP contribution in [0, 0.1) is 6.92 Å². The van der Waals surface area contributed by atoms with E-state index >= 15 is 0 Å². The number of carbonyl (C=O) groups is 1. The zero-order valence-electron chi connectivity index (χ0n) is 11.6. The molecular weight excluding hydrogens is 270 g/mol. The van der Waals surface area contributed by atoms with Crippen LogP contribution in [0.25, 0.3) is 0 Å². The molecule has 0 spiro atoms. The molecule has 1 aromatic heterocycles. The lowest BCUT2D eigenvalue weighted by atomic mass is 10.1. The van der Waals surface area contributed by atoms with Crippen molar-refractivity contribution >= 4 is 22.9 Å². The van der Waals surface area contributed by atoms with Gasteiger partial charge in [-0.05, 0) is 25.5 Å². The lowest BCUT2D eigenvalue weighted by molar-refractivity contribution is -0.120. The van der Waals surface area contributed by atoms with Gasteiger partial charge < -0.3 is 10.2 Å². The van der Waals surface area contributed by atoms with Crippen molar-refractivity contribution in [3.05, 3.63) is 45.9 Å². The Hall–Kier alpha value is -1.72. The Kier molecular flexibility index (Phi) is 3.54. The van der Waals surface area contributed by atoms with Gasteiger partial charge in [0.05, 0.1) is 23.3 Å². The van der Waals surface area contributed by atoms with Gasteiger partial charge in [-0.25, -0.2) is 4.98 Å². The number of rotatable bonds is 2. The summed E-state index contributed by atoms with van der Waals surface area (Å²) in [5.41, 5.74) is 3.09. The predicted molar refractivity (Wildman–Crippen MR) is 80.8 cm³/mol. The summed E-state index contributed by atoms with van der Waals surface area (Å²) < 4.78 is 0. The third kappa shape index (κ3) is 2.46. The lowest BCUT2D eigenvalue weighted by Crippen LogP contribution is -2.42. The number of hydrogen-bond acceptors (Lipinski definition) is 4. The fraction of sp³-hybridized carbons (Fsp3) is 0.333. The number of para-hydroxylation sites is 1. The van der Waals surface area contributed by atoms with Crippen molar-refractivity contribution in [3.8, 4) is 0 Å². The Labute approximate surface area is 122 Å². The number of fused-ring (bicyclic) bond motifs is 1. The minimum Gasteiger partial charge on any atom is -0.305 e. The van der Waals surface area contributed by atoms with Crippen LogP contribution in [0.15, 0.2) is 29.6 Å². The Bertz CT molecular complexity index is 638. The van der Waals surface area contributed by atoms with Crippen molar-refractivity contribution in [2.45, 2.75) is 33.0 Å². The number of benzene rings is 1. The van der Waals surface area contributed by atoms with Gasteiger partial charge in [0.15, 0.2) is 0 Å². The summed E-state index contributed by atoms with van der Waals surface area (Å²) in [6, 6.07) is 7.87. The maximum atomic E-state index is 12.6. The van der Waals surface area contributed by atoms with Crippen LogP contribution in [-0.4, -0.2) is 16.9 Å². The normalized spacial score (nSPS) is 18.8. The number of aryl methyl sites for hydroxylation is 1. The Morgan fingerprint density at radius 2 is 2.25 bits per heavy atom. The summed E-state index contributed by atoms with van der Waals surface area (Å²) >= 11 is 1.62. The van der Waals surface area contributed by atoms with Gasteiger partial charge in [0.25, 0.3) is 0 Å². The van der Waals surface area contributed by atoms with Gasteiger partial charge in [0.2, 0.25) is 5.91 Å². The van der Waals surface area contributed by atoms with E-state index in [-0.39, 0.29) is 11.9 Å². The van der Waals surface area contributed by atoms with Crippen LogP contribution in [0.2, 0.25) is 0 Å². The van der Waals surface area contributed by atoms with Crippen molar-refractivity contribution in [3.63, 3.8) is 0 Å². The molecule has 1 N–H and O–H groups in total. The van der Waals surface area contributed by atoms with E-state index in [1.165, 1.54) is 0 Å². The molecule has 104 valence electrons. The maximum Gasteiger partial charge on any atom is 0.244 e. The molecule has 0 bridgehead atoms. The van der Waals surface area contributed by atoms with E-state index in [9.17, 15) is 4.79 Å². The summed E-state index contributed by atoms with van der Waals surface area (Å²) in [6.45, 7) is 5.14. The molecule has 0 fully saturated rings. The van der Waals surface area contributed by atoms with Crippen molar-refractivity contribution in [1.82, 2.24) is 10.3 Å². The Morgan fingerprint density at radius 3 is 3.00 bits per heavy atom. The first-order valence-electron chi connectivity index (χ1n) is 6.69. The quantitative estimate of drug-likeness (QED) is 0.923. The smallest absolute Gasteiger partial charge is 0.244 e. The highest BCUT2D eigenvalue weighted by molar-refractivity contribution is 7.09. The fourth-order valence-corrected chi connectivity index (χ4v) is 3.04. The summed E-state index contributed by atoms with van der Waals surface area (Å²) in [6.07, 6.45) is 0.